The molecule has 1 rings (SSSR count). The second kappa shape index (κ2) is 4.50. The lowest BCUT2D eigenvalue weighted by Crippen LogP contribution is -2.03. The Morgan fingerprint density at radius 2 is 2.23 bits per heavy atom. The summed E-state index contributed by atoms with van der Waals surface area (Å²) >= 11 is 5.01. The molecule has 2 N–H and O–H groups in total. The van der Waals surface area contributed by atoms with Gasteiger partial charge in [0.1, 0.15) is 5.82 Å². The molecule has 0 aliphatic heterocycles. The molecule has 0 aromatic carbocycles. The summed E-state index contributed by atoms with van der Waals surface area (Å²) in [4.78, 5) is 3.82. The molecule has 0 spiro atoms. The van der Waals surface area contributed by atoms with Crippen LogP contribution in [0.3, 0.4) is 0 Å². The molecule has 0 aliphatic carbocycles. The molecule has 6 heteroatoms. The van der Waals surface area contributed by atoms with Crippen molar-refractivity contribution in [3.8, 4) is 0 Å². The van der Waals surface area contributed by atoms with E-state index in [0.29, 0.717) is 14.6 Å². The van der Waals surface area contributed by atoms with Gasteiger partial charge in [-0.3, -0.25) is 0 Å². The van der Waals surface area contributed by atoms with Crippen LogP contribution in [0.2, 0.25) is 0 Å². The van der Waals surface area contributed by atoms with Crippen LogP contribution in [0.1, 0.15) is 17.7 Å². The number of nitrogens with zero attached hydrogens (tertiary/aromatic N) is 1. The second-order valence-corrected chi connectivity index (χ2v) is 4.05. The molecule has 0 unspecified atom stereocenters. The van der Waals surface area contributed by atoms with Gasteiger partial charge in [0, 0.05) is 8.90 Å². The van der Waals surface area contributed by atoms with E-state index in [0.717, 1.165) is 0 Å². The zero-order valence-electron chi connectivity index (χ0n) is 6.40. The Hall–Kier alpha value is 0.0200. The predicted molar refractivity (Wildman–Crippen MR) is 59.0 cm³/mol. The third-order valence-corrected chi connectivity index (χ3v) is 2.91. The van der Waals surface area contributed by atoms with Gasteiger partial charge >= 0.3 is 0 Å². The zero-order chi connectivity index (χ0) is 10.0. The van der Waals surface area contributed by atoms with E-state index in [-0.39, 0.29) is 11.4 Å². The number of anilines is 1. The van der Waals surface area contributed by atoms with E-state index < -0.39 is 6.43 Å². The highest BCUT2D eigenvalue weighted by Crippen LogP contribution is 2.29. The van der Waals surface area contributed by atoms with Gasteiger partial charge in [0.2, 0.25) is 0 Å². The van der Waals surface area contributed by atoms with E-state index in [9.17, 15) is 8.78 Å². The van der Waals surface area contributed by atoms with Crippen LogP contribution in [0.5, 0.6) is 0 Å². The quantitative estimate of drug-likeness (QED) is 0.648. The fourth-order valence-corrected chi connectivity index (χ4v) is 2.04. The second-order valence-electron chi connectivity index (χ2n) is 2.33. The molecule has 0 aliphatic rings. The van der Waals surface area contributed by atoms with Gasteiger partial charge in [-0.25, -0.2) is 13.8 Å². The number of nitrogen functional groups attached to an aromatic ring is 1. The maximum atomic E-state index is 12.4. The summed E-state index contributed by atoms with van der Waals surface area (Å²) in [7, 11) is 0. The lowest BCUT2D eigenvalue weighted by Gasteiger charge is -2.07. The highest BCUT2D eigenvalue weighted by molar-refractivity contribution is 14.1. The third-order valence-electron chi connectivity index (χ3n) is 1.45. The first-order chi connectivity index (χ1) is 6.06. The number of rotatable bonds is 2. The van der Waals surface area contributed by atoms with E-state index in [4.69, 9.17) is 5.73 Å². The molecule has 0 atom stereocenters. The molecule has 0 saturated carbocycles. The number of hydrogen-bond acceptors (Lipinski definition) is 2. The van der Waals surface area contributed by atoms with Crippen molar-refractivity contribution >= 4 is 44.3 Å². The normalized spacial score (nSPS) is 10.8. The Morgan fingerprint density at radius 3 is 2.62 bits per heavy atom. The summed E-state index contributed by atoms with van der Waals surface area (Å²) in [6, 6.07) is 1.59. The van der Waals surface area contributed by atoms with Crippen LogP contribution in [0.25, 0.3) is 0 Å². The van der Waals surface area contributed by atoms with Crippen molar-refractivity contribution in [1.82, 2.24) is 4.98 Å². The van der Waals surface area contributed by atoms with Crippen LogP contribution in [0.4, 0.5) is 14.6 Å². The van der Waals surface area contributed by atoms with Crippen molar-refractivity contribution in [1.29, 1.82) is 0 Å². The summed E-state index contributed by atoms with van der Waals surface area (Å²) in [5, 5.41) is 0.511. The Balaban J connectivity index is 3.23. The Kier molecular flexibility index (Phi) is 3.84. The molecular formula is C7H6BrF2IN2. The lowest BCUT2D eigenvalue weighted by molar-refractivity contribution is 0.151. The highest BCUT2D eigenvalue weighted by Gasteiger charge is 2.17. The minimum Gasteiger partial charge on any atom is -0.383 e. The average Bonchev–Trinajstić information content (AvgIpc) is 2.02. The summed E-state index contributed by atoms with van der Waals surface area (Å²) in [5.74, 6) is -0.0867. The van der Waals surface area contributed by atoms with Gasteiger partial charge in [-0.05, 0) is 28.7 Å². The minimum atomic E-state index is -2.57. The van der Waals surface area contributed by atoms with Crippen LogP contribution < -0.4 is 5.73 Å². The predicted octanol–water partition coefficient (Wildman–Crippen LogP) is 3.10. The van der Waals surface area contributed by atoms with Gasteiger partial charge in [0.05, 0.1) is 11.3 Å². The number of pyridine rings is 1. The van der Waals surface area contributed by atoms with Gasteiger partial charge in [0.15, 0.2) is 0 Å². The smallest absolute Gasteiger partial charge is 0.268 e. The summed E-state index contributed by atoms with van der Waals surface area (Å²) in [5.41, 5.74) is 5.86. The Morgan fingerprint density at radius 1 is 1.62 bits per heavy atom. The molecule has 1 aromatic heterocycles. The number of hydrogen-bond donors (Lipinski definition) is 1. The molecule has 13 heavy (non-hydrogen) atoms. The van der Waals surface area contributed by atoms with Gasteiger partial charge in [-0.1, -0.05) is 15.9 Å². The van der Waals surface area contributed by atoms with E-state index >= 15 is 0 Å². The lowest BCUT2D eigenvalue weighted by atomic mass is 10.2. The molecular weight excluding hydrogens is 357 g/mol. The third kappa shape index (κ3) is 2.49. The molecule has 0 saturated heterocycles. The standard InChI is InChI=1S/C7H6BrF2IN2/c8-2-3-1-4(11)5(6(9)10)7(12)13-3/h1,6H,2H2,(H2,12,13). The van der Waals surface area contributed by atoms with Crippen molar-refractivity contribution in [2.75, 3.05) is 5.73 Å². The Labute approximate surface area is 96.2 Å². The van der Waals surface area contributed by atoms with E-state index in [1.165, 1.54) is 0 Å². The van der Waals surface area contributed by atoms with Crippen LogP contribution in [-0.2, 0) is 5.33 Å². The van der Waals surface area contributed by atoms with E-state index in [1.807, 2.05) is 22.6 Å². The van der Waals surface area contributed by atoms with Crippen LogP contribution in [0, 0.1) is 3.57 Å². The largest absolute Gasteiger partial charge is 0.383 e. The highest BCUT2D eigenvalue weighted by atomic mass is 127. The maximum Gasteiger partial charge on any atom is 0.268 e. The Bertz CT molecular complexity index is 296. The SMILES string of the molecule is Nc1nc(CBr)cc(I)c1C(F)F. The van der Waals surface area contributed by atoms with Crippen molar-refractivity contribution in [2.45, 2.75) is 11.8 Å². The molecule has 1 heterocycles. The van der Waals surface area contributed by atoms with Gasteiger partial charge < -0.3 is 5.73 Å². The van der Waals surface area contributed by atoms with E-state index in [2.05, 4.69) is 20.9 Å². The van der Waals surface area contributed by atoms with Crippen LogP contribution in [0.15, 0.2) is 6.07 Å². The first kappa shape index (κ1) is 11.1. The van der Waals surface area contributed by atoms with Crippen molar-refractivity contribution in [3.05, 3.63) is 20.9 Å². The average molecular weight is 363 g/mol. The monoisotopic (exact) mass is 362 g/mol. The summed E-state index contributed by atoms with van der Waals surface area (Å²) < 4.78 is 25.2. The molecule has 2 nitrogen and oxygen atoms in total. The summed E-state index contributed by atoms with van der Waals surface area (Å²) in [6.45, 7) is 0. The van der Waals surface area contributed by atoms with Gasteiger partial charge in [0.25, 0.3) is 6.43 Å². The molecule has 1 aromatic rings. The fourth-order valence-electron chi connectivity index (χ4n) is 0.878. The van der Waals surface area contributed by atoms with Crippen LogP contribution in [-0.4, -0.2) is 4.98 Å². The molecule has 0 fully saturated rings. The van der Waals surface area contributed by atoms with Crippen LogP contribution >= 0.6 is 38.5 Å². The van der Waals surface area contributed by atoms with Crippen molar-refractivity contribution in [2.24, 2.45) is 0 Å². The van der Waals surface area contributed by atoms with Crippen molar-refractivity contribution in [3.63, 3.8) is 0 Å². The van der Waals surface area contributed by atoms with Crippen molar-refractivity contribution < 1.29 is 8.78 Å². The number of alkyl halides is 3. The first-order valence-corrected chi connectivity index (χ1v) is 5.55. The fraction of sp³-hybridized carbons (Fsp3) is 0.286. The van der Waals surface area contributed by atoms with Gasteiger partial charge in [-0.2, -0.15) is 0 Å². The number of aromatic nitrogens is 1. The molecule has 0 amide bonds. The van der Waals surface area contributed by atoms with Gasteiger partial charge in [-0.15, -0.1) is 0 Å². The maximum absolute atomic E-state index is 12.4. The first-order valence-electron chi connectivity index (χ1n) is 3.35. The van der Waals surface area contributed by atoms with E-state index in [1.54, 1.807) is 6.07 Å². The topological polar surface area (TPSA) is 38.9 Å². The zero-order valence-corrected chi connectivity index (χ0v) is 10.1. The minimum absolute atomic E-state index is 0.0867. The molecule has 0 bridgehead atoms. The number of nitrogens with two attached hydrogens (primary N) is 1. The summed E-state index contributed by atoms with van der Waals surface area (Å²) in [6.07, 6.45) is -2.57. The molecule has 72 valence electrons. The molecule has 0 radical (unpaired) electrons. The number of halogens is 4.